The second kappa shape index (κ2) is 7.20. The summed E-state index contributed by atoms with van der Waals surface area (Å²) in [6, 6.07) is 6.00. The van der Waals surface area contributed by atoms with E-state index in [1.165, 1.54) is 30.8 Å². The van der Waals surface area contributed by atoms with Crippen molar-refractivity contribution >= 4 is 33.4 Å². The molecule has 24 heavy (non-hydrogen) atoms. The molecule has 0 saturated carbocycles. The van der Waals surface area contributed by atoms with E-state index in [1.807, 2.05) is 0 Å². The fourth-order valence-electron chi connectivity index (χ4n) is 1.73. The maximum atomic E-state index is 12.1. The molecule has 0 radical (unpaired) electrons. The number of amides is 1. The Morgan fingerprint density at radius 2 is 2.12 bits per heavy atom. The van der Waals surface area contributed by atoms with E-state index in [-0.39, 0.29) is 22.2 Å². The van der Waals surface area contributed by atoms with Gasteiger partial charge in [0.1, 0.15) is 0 Å². The van der Waals surface area contributed by atoms with E-state index in [0.717, 1.165) is 16.1 Å². The van der Waals surface area contributed by atoms with Gasteiger partial charge in [0, 0.05) is 26.8 Å². The normalized spacial score (nSPS) is 11.7. The number of H-pyrrole nitrogens is 1. The van der Waals surface area contributed by atoms with Crippen LogP contribution in [0.1, 0.15) is 0 Å². The van der Waals surface area contributed by atoms with Crippen molar-refractivity contribution in [2.75, 3.05) is 25.2 Å². The first-order valence-corrected chi connectivity index (χ1v) is 9.21. The standard InChI is InChI=1S/C13H17N5O4S2/c1-17(2)24(21,22)10-6-4-5-9(7-10)14-11(19)8-23-13-16-15-12(20)18(13)3/h4-7H,8H2,1-3H3,(H,14,19)(H,15,20). The van der Waals surface area contributed by atoms with Crippen molar-refractivity contribution in [3.63, 3.8) is 0 Å². The summed E-state index contributed by atoms with van der Waals surface area (Å²) in [7, 11) is 0.846. The molecule has 0 spiro atoms. The lowest BCUT2D eigenvalue weighted by Gasteiger charge is -2.12. The Morgan fingerprint density at radius 1 is 1.42 bits per heavy atom. The first kappa shape index (κ1) is 18.2. The lowest BCUT2D eigenvalue weighted by molar-refractivity contribution is -0.113. The molecular formula is C13H17N5O4S2. The van der Waals surface area contributed by atoms with Crippen LogP contribution in [-0.4, -0.2) is 53.2 Å². The van der Waals surface area contributed by atoms with Crippen molar-refractivity contribution in [2.45, 2.75) is 10.1 Å². The third kappa shape index (κ3) is 4.04. The molecule has 2 N–H and O–H groups in total. The van der Waals surface area contributed by atoms with Crippen molar-refractivity contribution in [1.82, 2.24) is 19.1 Å². The summed E-state index contributed by atoms with van der Waals surface area (Å²) in [6.07, 6.45) is 0. The second-order valence-corrected chi connectivity index (χ2v) is 8.12. The Kier molecular flexibility index (Phi) is 5.47. The first-order valence-electron chi connectivity index (χ1n) is 6.78. The number of aromatic amines is 1. The highest BCUT2D eigenvalue weighted by Gasteiger charge is 2.17. The van der Waals surface area contributed by atoms with Crippen molar-refractivity contribution in [3.8, 4) is 0 Å². The molecule has 0 aliphatic heterocycles. The van der Waals surface area contributed by atoms with Crippen LogP contribution in [0.25, 0.3) is 0 Å². The van der Waals surface area contributed by atoms with Gasteiger partial charge >= 0.3 is 5.69 Å². The van der Waals surface area contributed by atoms with Gasteiger partial charge in [-0.1, -0.05) is 17.8 Å². The minimum absolute atomic E-state index is 0.0305. The fourth-order valence-corrected chi connectivity index (χ4v) is 3.40. The van der Waals surface area contributed by atoms with Gasteiger partial charge in [-0.2, -0.15) is 0 Å². The van der Waals surface area contributed by atoms with Crippen LogP contribution in [0.15, 0.2) is 39.1 Å². The van der Waals surface area contributed by atoms with Gasteiger partial charge in [-0.3, -0.25) is 9.36 Å². The topological polar surface area (TPSA) is 117 Å². The predicted molar refractivity (Wildman–Crippen MR) is 90.5 cm³/mol. The number of sulfonamides is 1. The Labute approximate surface area is 143 Å². The molecule has 1 aromatic carbocycles. The number of nitrogens with zero attached hydrogens (tertiary/aromatic N) is 3. The fraction of sp³-hybridized carbons (Fsp3) is 0.308. The van der Waals surface area contributed by atoms with Gasteiger partial charge in [-0.15, -0.1) is 5.10 Å². The van der Waals surface area contributed by atoms with Crippen LogP contribution in [0.3, 0.4) is 0 Å². The molecule has 0 unspecified atom stereocenters. The molecule has 1 amide bonds. The number of rotatable bonds is 6. The largest absolute Gasteiger partial charge is 0.343 e. The predicted octanol–water partition coefficient (Wildman–Crippen LogP) is 0.0895. The molecule has 1 aromatic heterocycles. The zero-order valence-corrected chi connectivity index (χ0v) is 14.9. The maximum Gasteiger partial charge on any atom is 0.343 e. The number of thioether (sulfide) groups is 1. The van der Waals surface area contributed by atoms with Crippen molar-refractivity contribution in [1.29, 1.82) is 0 Å². The van der Waals surface area contributed by atoms with E-state index in [9.17, 15) is 18.0 Å². The van der Waals surface area contributed by atoms with Gasteiger partial charge in [-0.25, -0.2) is 22.6 Å². The van der Waals surface area contributed by atoms with E-state index in [4.69, 9.17) is 0 Å². The van der Waals surface area contributed by atoms with Gasteiger partial charge in [0.15, 0.2) is 5.16 Å². The molecule has 1 heterocycles. The third-order valence-corrected chi connectivity index (χ3v) is 5.91. The minimum atomic E-state index is -3.57. The van der Waals surface area contributed by atoms with Gasteiger partial charge in [-0.05, 0) is 18.2 Å². The lowest BCUT2D eigenvalue weighted by Crippen LogP contribution is -2.22. The van der Waals surface area contributed by atoms with Crippen LogP contribution in [0.2, 0.25) is 0 Å². The molecule has 2 aromatic rings. The van der Waals surface area contributed by atoms with E-state index >= 15 is 0 Å². The molecule has 0 aliphatic rings. The van der Waals surface area contributed by atoms with Gasteiger partial charge < -0.3 is 5.32 Å². The molecule has 0 bridgehead atoms. The van der Waals surface area contributed by atoms with Crippen LogP contribution in [0.4, 0.5) is 5.69 Å². The van der Waals surface area contributed by atoms with Crippen LogP contribution in [0.5, 0.6) is 0 Å². The van der Waals surface area contributed by atoms with Crippen molar-refractivity contribution in [3.05, 3.63) is 34.7 Å². The van der Waals surface area contributed by atoms with E-state index < -0.39 is 10.0 Å². The number of aromatic nitrogens is 3. The molecule has 0 atom stereocenters. The highest BCUT2D eigenvalue weighted by atomic mass is 32.2. The zero-order chi connectivity index (χ0) is 17.9. The van der Waals surface area contributed by atoms with E-state index in [2.05, 4.69) is 15.5 Å². The number of carbonyl (C=O) groups is 1. The molecule has 0 fully saturated rings. The molecule has 9 nitrogen and oxygen atoms in total. The zero-order valence-electron chi connectivity index (χ0n) is 13.3. The molecule has 130 valence electrons. The molecule has 0 aliphatic carbocycles. The number of hydrogen-bond donors (Lipinski definition) is 2. The van der Waals surface area contributed by atoms with E-state index in [1.54, 1.807) is 19.2 Å². The second-order valence-electron chi connectivity index (χ2n) is 5.02. The third-order valence-electron chi connectivity index (χ3n) is 3.07. The summed E-state index contributed by atoms with van der Waals surface area (Å²) in [6.45, 7) is 0. The highest BCUT2D eigenvalue weighted by Crippen LogP contribution is 2.19. The van der Waals surface area contributed by atoms with Crippen LogP contribution in [-0.2, 0) is 21.9 Å². The molecule has 11 heteroatoms. The Morgan fingerprint density at radius 3 is 2.71 bits per heavy atom. The summed E-state index contributed by atoms with van der Waals surface area (Å²) in [5.74, 6) is -0.308. The maximum absolute atomic E-state index is 12.1. The monoisotopic (exact) mass is 371 g/mol. The average Bonchev–Trinajstić information content (AvgIpc) is 2.84. The Bertz CT molecular complexity index is 901. The number of nitrogens with one attached hydrogen (secondary N) is 2. The number of carbonyl (C=O) groups excluding carboxylic acids is 1. The summed E-state index contributed by atoms with van der Waals surface area (Å²) in [4.78, 5) is 23.3. The molecule has 2 rings (SSSR count). The smallest absolute Gasteiger partial charge is 0.325 e. The minimum Gasteiger partial charge on any atom is -0.325 e. The van der Waals surface area contributed by atoms with Gasteiger partial charge in [0.25, 0.3) is 0 Å². The SMILES string of the molecule is CN(C)S(=O)(=O)c1cccc(NC(=O)CSc2n[nH]c(=O)n2C)c1. The van der Waals surface area contributed by atoms with Crippen LogP contribution in [0, 0.1) is 0 Å². The van der Waals surface area contributed by atoms with Crippen LogP contribution < -0.4 is 11.0 Å². The summed E-state index contributed by atoms with van der Waals surface area (Å²) in [5.41, 5.74) is 0.0129. The van der Waals surface area contributed by atoms with Crippen molar-refractivity contribution in [2.24, 2.45) is 7.05 Å². The van der Waals surface area contributed by atoms with E-state index in [0.29, 0.717) is 10.8 Å². The average molecular weight is 371 g/mol. The Hall–Kier alpha value is -2.11. The lowest BCUT2D eigenvalue weighted by atomic mass is 10.3. The summed E-state index contributed by atoms with van der Waals surface area (Å²) in [5, 5.41) is 9.07. The van der Waals surface area contributed by atoms with Crippen molar-refractivity contribution < 1.29 is 13.2 Å². The van der Waals surface area contributed by atoms with Gasteiger partial charge in [0.05, 0.1) is 10.6 Å². The number of benzene rings is 1. The Balaban J connectivity index is 2.04. The summed E-state index contributed by atoms with van der Waals surface area (Å²) < 4.78 is 26.6. The van der Waals surface area contributed by atoms with Gasteiger partial charge in [0.2, 0.25) is 15.9 Å². The molecular weight excluding hydrogens is 354 g/mol. The number of hydrogen-bond acceptors (Lipinski definition) is 6. The number of anilines is 1. The molecule has 0 saturated heterocycles. The quantitative estimate of drug-likeness (QED) is 0.695. The van der Waals surface area contributed by atoms with Crippen LogP contribution >= 0.6 is 11.8 Å². The summed E-state index contributed by atoms with van der Waals surface area (Å²) >= 11 is 1.09. The highest BCUT2D eigenvalue weighted by molar-refractivity contribution is 7.99. The first-order chi connectivity index (χ1) is 11.2.